The molecule has 1 nitrogen and oxygen atoms in total. The molecule has 0 aromatic heterocycles. The molecule has 3 rings (SSSR count). The minimum Gasteiger partial charge on any atom is -0.325 e. The molecule has 0 spiro atoms. The van der Waals surface area contributed by atoms with E-state index in [2.05, 4.69) is 50.3 Å². The topological polar surface area (TPSA) is 26.0 Å². The normalized spacial score (nSPS) is 36.5. The van der Waals surface area contributed by atoms with Crippen molar-refractivity contribution in [2.24, 2.45) is 23.5 Å². The summed E-state index contributed by atoms with van der Waals surface area (Å²) < 4.78 is 0. The Morgan fingerprint density at radius 1 is 1.24 bits per heavy atom. The van der Waals surface area contributed by atoms with Gasteiger partial charge in [0.15, 0.2) is 0 Å². The molecule has 0 heterocycles. The lowest BCUT2D eigenvalue weighted by molar-refractivity contribution is 0.234. The molecular weight excluding hydrogens is 254 g/mol. The van der Waals surface area contributed by atoms with Crippen LogP contribution in [0.3, 0.4) is 0 Å². The van der Waals surface area contributed by atoms with Crippen LogP contribution in [0.5, 0.6) is 0 Å². The fraction of sp³-hybridized carbons (Fsp3) is 0.600. The van der Waals surface area contributed by atoms with Crippen molar-refractivity contribution in [2.45, 2.75) is 57.9 Å². The molecule has 1 heteroatoms. The first-order valence-electron chi connectivity index (χ1n) is 8.56. The zero-order valence-corrected chi connectivity index (χ0v) is 13.5. The smallest absolute Gasteiger partial charge is 0.0126 e. The average Bonchev–Trinajstić information content (AvgIpc) is 3.22. The van der Waals surface area contributed by atoms with E-state index in [1.165, 1.54) is 44.1 Å². The first kappa shape index (κ1) is 14.8. The van der Waals surface area contributed by atoms with Gasteiger partial charge in [-0.3, -0.25) is 0 Å². The standard InChI is InChI=1S/C20H29N/c1-15(12-16-6-4-3-5-7-16)19-14-18(19)13-17-8-10-20(2,21)11-9-17/h3-7,12,17-19H,8-11,13-14,21H2,1-2H3/b15-12+. The third-order valence-corrected chi connectivity index (χ3v) is 5.58. The number of allylic oxidation sites excluding steroid dienone is 1. The summed E-state index contributed by atoms with van der Waals surface area (Å²) in [7, 11) is 0. The summed E-state index contributed by atoms with van der Waals surface area (Å²) in [6.45, 7) is 4.53. The van der Waals surface area contributed by atoms with Gasteiger partial charge >= 0.3 is 0 Å². The van der Waals surface area contributed by atoms with E-state index in [1.807, 2.05) is 0 Å². The third kappa shape index (κ3) is 3.97. The Kier molecular flexibility index (Phi) is 4.21. The first-order chi connectivity index (χ1) is 10.0. The van der Waals surface area contributed by atoms with E-state index in [-0.39, 0.29) is 5.54 Å². The van der Waals surface area contributed by atoms with Crippen LogP contribution in [0, 0.1) is 17.8 Å². The molecule has 2 N–H and O–H groups in total. The van der Waals surface area contributed by atoms with Gasteiger partial charge in [-0.05, 0) is 75.7 Å². The first-order valence-corrected chi connectivity index (χ1v) is 8.56. The highest BCUT2D eigenvalue weighted by Gasteiger charge is 2.40. The number of hydrogen-bond acceptors (Lipinski definition) is 1. The molecule has 0 saturated heterocycles. The van der Waals surface area contributed by atoms with Gasteiger partial charge in [-0.15, -0.1) is 0 Å². The fourth-order valence-electron chi connectivity index (χ4n) is 3.99. The molecule has 114 valence electrons. The molecule has 0 aliphatic heterocycles. The van der Waals surface area contributed by atoms with E-state index in [0.29, 0.717) is 0 Å². The van der Waals surface area contributed by atoms with Crippen molar-refractivity contribution >= 4 is 6.08 Å². The number of hydrogen-bond donors (Lipinski definition) is 1. The van der Waals surface area contributed by atoms with Gasteiger partial charge < -0.3 is 5.73 Å². The maximum Gasteiger partial charge on any atom is 0.0126 e. The van der Waals surface area contributed by atoms with Crippen molar-refractivity contribution in [3.8, 4) is 0 Å². The maximum atomic E-state index is 6.24. The van der Waals surface area contributed by atoms with E-state index in [4.69, 9.17) is 5.73 Å². The highest BCUT2D eigenvalue weighted by atomic mass is 14.7. The van der Waals surface area contributed by atoms with Gasteiger partial charge in [0.25, 0.3) is 0 Å². The van der Waals surface area contributed by atoms with Gasteiger partial charge in [0, 0.05) is 5.54 Å². The fourth-order valence-corrected chi connectivity index (χ4v) is 3.99. The van der Waals surface area contributed by atoms with Crippen LogP contribution in [0.15, 0.2) is 35.9 Å². The van der Waals surface area contributed by atoms with E-state index in [1.54, 1.807) is 5.57 Å². The predicted octanol–water partition coefficient (Wildman–Crippen LogP) is 5.02. The van der Waals surface area contributed by atoms with Crippen LogP contribution in [-0.4, -0.2) is 5.54 Å². The highest BCUT2D eigenvalue weighted by Crippen LogP contribution is 2.50. The molecule has 21 heavy (non-hydrogen) atoms. The Labute approximate surface area is 129 Å². The van der Waals surface area contributed by atoms with Crippen LogP contribution in [0.2, 0.25) is 0 Å². The lowest BCUT2D eigenvalue weighted by atomic mass is 9.76. The Morgan fingerprint density at radius 2 is 1.90 bits per heavy atom. The van der Waals surface area contributed by atoms with Crippen molar-refractivity contribution in [3.05, 3.63) is 41.5 Å². The lowest BCUT2D eigenvalue weighted by Gasteiger charge is -2.34. The average molecular weight is 283 g/mol. The Hall–Kier alpha value is -1.08. The molecule has 1 aromatic carbocycles. The molecule has 0 bridgehead atoms. The minimum absolute atomic E-state index is 0.114. The molecule has 2 atom stereocenters. The maximum absolute atomic E-state index is 6.24. The van der Waals surface area contributed by atoms with Crippen molar-refractivity contribution in [3.63, 3.8) is 0 Å². The monoisotopic (exact) mass is 283 g/mol. The quantitative estimate of drug-likeness (QED) is 0.824. The zero-order valence-electron chi connectivity index (χ0n) is 13.5. The van der Waals surface area contributed by atoms with Crippen LogP contribution < -0.4 is 5.73 Å². The van der Waals surface area contributed by atoms with E-state index >= 15 is 0 Å². The summed E-state index contributed by atoms with van der Waals surface area (Å²) >= 11 is 0. The second-order valence-corrected chi connectivity index (χ2v) is 7.73. The highest BCUT2D eigenvalue weighted by molar-refractivity contribution is 5.53. The minimum atomic E-state index is 0.114. The Bertz CT molecular complexity index is 490. The summed E-state index contributed by atoms with van der Waals surface area (Å²) in [6.07, 6.45) is 10.3. The van der Waals surface area contributed by atoms with Gasteiger partial charge in [0.1, 0.15) is 0 Å². The number of nitrogens with two attached hydrogens (primary N) is 1. The van der Waals surface area contributed by atoms with Crippen LogP contribution in [0.4, 0.5) is 0 Å². The molecular formula is C20H29N. The van der Waals surface area contributed by atoms with Gasteiger partial charge in [-0.25, -0.2) is 0 Å². The molecule has 2 aliphatic carbocycles. The van der Waals surface area contributed by atoms with Crippen LogP contribution in [-0.2, 0) is 0 Å². The molecule has 2 fully saturated rings. The molecule has 1 aromatic rings. The SMILES string of the molecule is C/C(=C\c1ccccc1)C1CC1CC1CCC(C)(N)CC1. The summed E-state index contributed by atoms with van der Waals surface area (Å²) in [4.78, 5) is 0. The van der Waals surface area contributed by atoms with Crippen molar-refractivity contribution in [1.29, 1.82) is 0 Å². The van der Waals surface area contributed by atoms with Crippen LogP contribution >= 0.6 is 0 Å². The van der Waals surface area contributed by atoms with Gasteiger partial charge in [-0.1, -0.05) is 42.0 Å². The number of benzene rings is 1. The largest absolute Gasteiger partial charge is 0.325 e. The molecule has 0 amide bonds. The lowest BCUT2D eigenvalue weighted by Crippen LogP contribution is -2.40. The summed E-state index contributed by atoms with van der Waals surface area (Å²) in [6, 6.07) is 10.7. The molecule has 2 unspecified atom stereocenters. The predicted molar refractivity (Wildman–Crippen MR) is 90.9 cm³/mol. The van der Waals surface area contributed by atoms with Crippen molar-refractivity contribution < 1.29 is 0 Å². The molecule has 2 aliphatic rings. The van der Waals surface area contributed by atoms with Crippen LogP contribution in [0.25, 0.3) is 6.08 Å². The van der Waals surface area contributed by atoms with Crippen molar-refractivity contribution in [1.82, 2.24) is 0 Å². The Morgan fingerprint density at radius 3 is 2.57 bits per heavy atom. The summed E-state index contributed by atoms with van der Waals surface area (Å²) in [5, 5.41) is 0. The second kappa shape index (κ2) is 5.96. The third-order valence-electron chi connectivity index (χ3n) is 5.58. The van der Waals surface area contributed by atoms with Gasteiger partial charge in [-0.2, -0.15) is 0 Å². The number of rotatable bonds is 4. The zero-order chi connectivity index (χ0) is 14.9. The van der Waals surface area contributed by atoms with Gasteiger partial charge in [0.2, 0.25) is 0 Å². The molecule has 0 radical (unpaired) electrons. The summed E-state index contributed by atoms with van der Waals surface area (Å²) in [5.74, 6) is 2.72. The van der Waals surface area contributed by atoms with Gasteiger partial charge in [0.05, 0.1) is 0 Å². The second-order valence-electron chi connectivity index (χ2n) is 7.73. The van der Waals surface area contributed by atoms with E-state index < -0.39 is 0 Å². The summed E-state index contributed by atoms with van der Waals surface area (Å²) in [5.41, 5.74) is 9.27. The van der Waals surface area contributed by atoms with Crippen molar-refractivity contribution in [2.75, 3.05) is 0 Å². The van der Waals surface area contributed by atoms with E-state index in [9.17, 15) is 0 Å². The van der Waals surface area contributed by atoms with Crippen LogP contribution in [0.1, 0.15) is 57.9 Å². The van der Waals surface area contributed by atoms with E-state index in [0.717, 1.165) is 17.8 Å². The Balaban J connectivity index is 1.49. The molecule has 2 saturated carbocycles.